The number of nitrogens with zero attached hydrogens (tertiary/aromatic N) is 2. The summed E-state index contributed by atoms with van der Waals surface area (Å²) < 4.78 is 0. The first kappa shape index (κ1) is 12.6. The van der Waals surface area contributed by atoms with Crippen LogP contribution in [0.1, 0.15) is 5.69 Å². The van der Waals surface area contributed by atoms with Gasteiger partial charge in [-0.1, -0.05) is 24.3 Å². The molecule has 1 aromatic carbocycles. The van der Waals surface area contributed by atoms with Gasteiger partial charge >= 0.3 is 0 Å². The van der Waals surface area contributed by atoms with Gasteiger partial charge in [-0.25, -0.2) is 0 Å². The van der Waals surface area contributed by atoms with Crippen molar-refractivity contribution >= 4 is 5.69 Å². The van der Waals surface area contributed by atoms with Crippen molar-refractivity contribution in [3.05, 3.63) is 60.4 Å². The molecule has 0 atom stereocenters. The van der Waals surface area contributed by atoms with E-state index < -0.39 is 0 Å². The largest absolute Gasteiger partial charge is 0.373 e. The quantitative estimate of drug-likeness (QED) is 0.787. The first-order chi connectivity index (χ1) is 8.86. The van der Waals surface area contributed by atoms with Crippen LogP contribution in [0.2, 0.25) is 0 Å². The van der Waals surface area contributed by atoms with Crippen molar-refractivity contribution < 1.29 is 0 Å². The number of anilines is 1. The van der Waals surface area contributed by atoms with E-state index in [1.54, 1.807) is 0 Å². The van der Waals surface area contributed by atoms with E-state index in [1.165, 1.54) is 5.69 Å². The maximum absolute atomic E-state index is 4.28. The maximum Gasteiger partial charge on any atom is 0.0541 e. The minimum atomic E-state index is 0.823. The Morgan fingerprint density at radius 3 is 2.56 bits per heavy atom. The number of hydrogen-bond acceptors (Lipinski definition) is 3. The highest BCUT2D eigenvalue weighted by atomic mass is 15.1. The number of pyridine rings is 1. The third-order valence-electron chi connectivity index (χ3n) is 2.85. The summed E-state index contributed by atoms with van der Waals surface area (Å²) in [5.41, 5.74) is 2.33. The van der Waals surface area contributed by atoms with Gasteiger partial charge in [0.2, 0.25) is 0 Å². The normalized spacial score (nSPS) is 10.3. The van der Waals surface area contributed by atoms with E-state index in [-0.39, 0.29) is 0 Å². The summed E-state index contributed by atoms with van der Waals surface area (Å²) >= 11 is 0. The molecule has 0 radical (unpaired) electrons. The van der Waals surface area contributed by atoms with E-state index in [0.717, 1.165) is 25.3 Å². The minimum absolute atomic E-state index is 0.823. The molecule has 94 valence electrons. The van der Waals surface area contributed by atoms with E-state index in [0.29, 0.717) is 0 Å². The highest BCUT2D eigenvalue weighted by Gasteiger charge is 1.99. The summed E-state index contributed by atoms with van der Waals surface area (Å²) in [6, 6.07) is 16.4. The molecule has 3 heteroatoms. The van der Waals surface area contributed by atoms with E-state index in [9.17, 15) is 0 Å². The van der Waals surface area contributed by atoms with Gasteiger partial charge in [-0.05, 0) is 24.3 Å². The Hall–Kier alpha value is -1.87. The lowest BCUT2D eigenvalue weighted by atomic mass is 10.3. The Bertz CT molecular complexity index is 442. The van der Waals surface area contributed by atoms with Crippen LogP contribution in [-0.4, -0.2) is 25.1 Å². The van der Waals surface area contributed by atoms with E-state index in [2.05, 4.69) is 46.5 Å². The zero-order chi connectivity index (χ0) is 12.6. The highest BCUT2D eigenvalue weighted by Crippen LogP contribution is 2.09. The standard InChI is InChI=1S/C15H19N3/c1-18(15-8-3-2-4-9-15)12-11-16-13-14-7-5-6-10-17-14/h2-10,16H,11-13H2,1H3. The molecule has 0 saturated carbocycles. The zero-order valence-electron chi connectivity index (χ0n) is 10.7. The molecule has 0 aliphatic heterocycles. The Kier molecular flexibility index (Phi) is 4.73. The van der Waals surface area contributed by atoms with Gasteiger partial charge in [0.25, 0.3) is 0 Å². The molecule has 1 N–H and O–H groups in total. The first-order valence-electron chi connectivity index (χ1n) is 6.23. The summed E-state index contributed by atoms with van der Waals surface area (Å²) in [5.74, 6) is 0. The maximum atomic E-state index is 4.28. The Balaban J connectivity index is 1.70. The summed E-state index contributed by atoms with van der Waals surface area (Å²) in [4.78, 5) is 6.52. The van der Waals surface area contributed by atoms with Crippen LogP contribution in [0.4, 0.5) is 5.69 Å². The van der Waals surface area contributed by atoms with Crippen LogP contribution in [-0.2, 0) is 6.54 Å². The third kappa shape index (κ3) is 3.86. The lowest BCUT2D eigenvalue weighted by Gasteiger charge is -2.19. The predicted octanol–water partition coefficient (Wildman–Crippen LogP) is 2.31. The topological polar surface area (TPSA) is 28.2 Å². The fraction of sp³-hybridized carbons (Fsp3) is 0.267. The molecule has 0 bridgehead atoms. The summed E-state index contributed by atoms with van der Waals surface area (Å²) in [6.45, 7) is 2.75. The monoisotopic (exact) mass is 241 g/mol. The van der Waals surface area contributed by atoms with Crippen molar-refractivity contribution in [3.8, 4) is 0 Å². The second kappa shape index (κ2) is 6.77. The van der Waals surface area contributed by atoms with Gasteiger partial charge < -0.3 is 10.2 Å². The van der Waals surface area contributed by atoms with Gasteiger partial charge in [-0.15, -0.1) is 0 Å². The summed E-state index contributed by atoms with van der Waals surface area (Å²) in [5, 5.41) is 3.40. The number of likely N-dealkylation sites (N-methyl/N-ethyl adjacent to an activating group) is 1. The lowest BCUT2D eigenvalue weighted by molar-refractivity contribution is 0.669. The van der Waals surface area contributed by atoms with Crippen molar-refractivity contribution in [2.75, 3.05) is 25.0 Å². The molecule has 3 nitrogen and oxygen atoms in total. The molecule has 0 unspecified atom stereocenters. The van der Waals surface area contributed by atoms with Crippen molar-refractivity contribution in [1.29, 1.82) is 0 Å². The Morgan fingerprint density at radius 1 is 1.06 bits per heavy atom. The van der Waals surface area contributed by atoms with Crippen molar-refractivity contribution in [3.63, 3.8) is 0 Å². The van der Waals surface area contributed by atoms with Gasteiger partial charge in [-0.3, -0.25) is 4.98 Å². The number of nitrogens with one attached hydrogen (secondary N) is 1. The van der Waals surface area contributed by atoms with Crippen LogP contribution in [0.3, 0.4) is 0 Å². The van der Waals surface area contributed by atoms with Gasteiger partial charge in [0.05, 0.1) is 5.69 Å². The molecule has 0 saturated heterocycles. The van der Waals surface area contributed by atoms with Crippen LogP contribution in [0.5, 0.6) is 0 Å². The van der Waals surface area contributed by atoms with E-state index >= 15 is 0 Å². The molecule has 1 aromatic heterocycles. The molecule has 0 amide bonds. The van der Waals surface area contributed by atoms with Crippen LogP contribution >= 0.6 is 0 Å². The van der Waals surface area contributed by atoms with Crippen LogP contribution in [0, 0.1) is 0 Å². The zero-order valence-corrected chi connectivity index (χ0v) is 10.7. The highest BCUT2D eigenvalue weighted by molar-refractivity contribution is 5.44. The fourth-order valence-electron chi connectivity index (χ4n) is 1.78. The van der Waals surface area contributed by atoms with Gasteiger partial charge in [0.1, 0.15) is 0 Å². The molecule has 0 aliphatic carbocycles. The van der Waals surface area contributed by atoms with Crippen molar-refractivity contribution in [1.82, 2.24) is 10.3 Å². The second-order valence-corrected chi connectivity index (χ2v) is 4.25. The minimum Gasteiger partial charge on any atom is -0.373 e. The molecule has 18 heavy (non-hydrogen) atoms. The lowest BCUT2D eigenvalue weighted by Crippen LogP contribution is -2.28. The molecular weight excluding hydrogens is 222 g/mol. The van der Waals surface area contributed by atoms with Crippen LogP contribution in [0.25, 0.3) is 0 Å². The van der Waals surface area contributed by atoms with Gasteiger partial charge in [0.15, 0.2) is 0 Å². The molecule has 1 heterocycles. The summed E-state index contributed by atoms with van der Waals surface area (Å²) in [7, 11) is 2.11. The SMILES string of the molecule is CN(CCNCc1ccccn1)c1ccccc1. The molecule has 0 spiro atoms. The average molecular weight is 241 g/mol. The van der Waals surface area contributed by atoms with Gasteiger partial charge in [-0.2, -0.15) is 0 Å². The van der Waals surface area contributed by atoms with Crippen LogP contribution in [0.15, 0.2) is 54.7 Å². The average Bonchev–Trinajstić information content (AvgIpc) is 2.45. The van der Waals surface area contributed by atoms with Crippen LogP contribution < -0.4 is 10.2 Å². The number of para-hydroxylation sites is 1. The Labute approximate surface area is 108 Å². The van der Waals surface area contributed by atoms with E-state index in [4.69, 9.17) is 0 Å². The fourth-order valence-corrected chi connectivity index (χ4v) is 1.78. The molecule has 2 rings (SSSR count). The number of aromatic nitrogens is 1. The van der Waals surface area contributed by atoms with Crippen molar-refractivity contribution in [2.24, 2.45) is 0 Å². The predicted molar refractivity (Wildman–Crippen MR) is 75.7 cm³/mol. The van der Waals surface area contributed by atoms with E-state index in [1.807, 2.05) is 30.5 Å². The van der Waals surface area contributed by atoms with Gasteiger partial charge in [0, 0.05) is 38.6 Å². The second-order valence-electron chi connectivity index (χ2n) is 4.25. The third-order valence-corrected chi connectivity index (χ3v) is 2.85. The number of hydrogen-bond donors (Lipinski definition) is 1. The van der Waals surface area contributed by atoms with Crippen molar-refractivity contribution in [2.45, 2.75) is 6.54 Å². The molecule has 0 fully saturated rings. The number of benzene rings is 1. The smallest absolute Gasteiger partial charge is 0.0541 e. The first-order valence-corrected chi connectivity index (χ1v) is 6.23. The molecule has 2 aromatic rings. The Morgan fingerprint density at radius 2 is 1.83 bits per heavy atom. The summed E-state index contributed by atoms with van der Waals surface area (Å²) in [6.07, 6.45) is 1.83. The number of rotatable bonds is 6. The molecular formula is C15H19N3. The molecule has 0 aliphatic rings.